The minimum absolute atomic E-state index is 0.172. The average Bonchev–Trinajstić information content (AvgIpc) is 3.01. The Kier molecular flexibility index (Phi) is 5.05. The lowest BCUT2D eigenvalue weighted by molar-refractivity contribution is -0.117. The van der Waals surface area contributed by atoms with Crippen LogP contribution in [0.1, 0.15) is 31.7 Å². The monoisotopic (exact) mass is 288 g/mol. The number of aryl methyl sites for hydroxylation is 1. The number of hydrogen-bond donors (Lipinski definition) is 2. The number of unbranched alkanes of at least 4 members (excludes halogenated alkanes) is 1. The third kappa shape index (κ3) is 3.88. The van der Waals surface area contributed by atoms with E-state index in [2.05, 4.69) is 22.4 Å². The van der Waals surface area contributed by atoms with Crippen molar-refractivity contribution < 1.29 is 9.21 Å². The van der Waals surface area contributed by atoms with Crippen molar-refractivity contribution in [2.75, 3.05) is 5.32 Å². The van der Waals surface area contributed by atoms with E-state index in [0.29, 0.717) is 18.0 Å². The smallest absolute Gasteiger partial charge is 0.247 e. The van der Waals surface area contributed by atoms with Gasteiger partial charge in [0.2, 0.25) is 18.2 Å². The number of amides is 1. The van der Waals surface area contributed by atoms with Crippen LogP contribution in [0.2, 0.25) is 0 Å². The molecule has 0 fully saturated rings. The summed E-state index contributed by atoms with van der Waals surface area (Å²) < 4.78 is 5.16. The molecule has 0 spiro atoms. The summed E-state index contributed by atoms with van der Waals surface area (Å²) in [6, 6.07) is 5.09. The van der Waals surface area contributed by atoms with Crippen LogP contribution in [0.5, 0.6) is 0 Å². The summed E-state index contributed by atoms with van der Waals surface area (Å²) in [5.41, 5.74) is 8.30. The molecule has 1 unspecified atom stereocenters. The van der Waals surface area contributed by atoms with Gasteiger partial charge >= 0.3 is 0 Å². The lowest BCUT2D eigenvalue weighted by atomic mass is 10.1. The number of nitrogens with two attached hydrogens (primary N) is 1. The second-order valence-corrected chi connectivity index (χ2v) is 5.01. The molecule has 0 saturated carbocycles. The second kappa shape index (κ2) is 6.99. The van der Waals surface area contributed by atoms with E-state index in [1.807, 2.05) is 25.1 Å². The summed E-state index contributed by atoms with van der Waals surface area (Å²) in [5, 5.41) is 10.4. The van der Waals surface area contributed by atoms with Gasteiger partial charge < -0.3 is 15.5 Å². The summed E-state index contributed by atoms with van der Waals surface area (Å²) in [6.45, 7) is 3.99. The number of carbonyl (C=O) groups excluding carboxylic acids is 1. The van der Waals surface area contributed by atoms with Gasteiger partial charge in [0.05, 0.1) is 6.04 Å². The zero-order valence-corrected chi connectivity index (χ0v) is 12.3. The lowest BCUT2D eigenvalue weighted by Gasteiger charge is -2.14. The lowest BCUT2D eigenvalue weighted by Crippen LogP contribution is -2.35. The van der Waals surface area contributed by atoms with Gasteiger partial charge in [-0.05, 0) is 31.0 Å². The molecule has 2 rings (SSSR count). The Labute approximate surface area is 123 Å². The molecule has 6 heteroatoms. The van der Waals surface area contributed by atoms with Gasteiger partial charge in [0.15, 0.2) is 0 Å². The Balaban J connectivity index is 2.12. The quantitative estimate of drug-likeness (QED) is 0.851. The largest absolute Gasteiger partial charge is 0.423 e. The molecule has 1 aromatic carbocycles. The van der Waals surface area contributed by atoms with Crippen LogP contribution in [0, 0.1) is 6.92 Å². The van der Waals surface area contributed by atoms with E-state index in [1.54, 1.807) is 0 Å². The highest BCUT2D eigenvalue weighted by atomic mass is 16.4. The summed E-state index contributed by atoms with van der Waals surface area (Å²) >= 11 is 0. The molecule has 1 amide bonds. The minimum Gasteiger partial charge on any atom is -0.423 e. The molecule has 2 aromatic rings. The fourth-order valence-electron chi connectivity index (χ4n) is 1.97. The molecular formula is C15H20N4O2. The van der Waals surface area contributed by atoms with Crippen LogP contribution in [-0.2, 0) is 4.79 Å². The normalized spacial score (nSPS) is 12.1. The zero-order chi connectivity index (χ0) is 15.2. The summed E-state index contributed by atoms with van der Waals surface area (Å²) in [5.74, 6) is 0.245. The average molecular weight is 288 g/mol. The van der Waals surface area contributed by atoms with E-state index in [0.717, 1.165) is 24.0 Å². The van der Waals surface area contributed by atoms with E-state index in [-0.39, 0.29) is 5.91 Å². The molecule has 3 N–H and O–H groups in total. The van der Waals surface area contributed by atoms with E-state index in [4.69, 9.17) is 10.2 Å². The van der Waals surface area contributed by atoms with Gasteiger partial charge in [-0.25, -0.2) is 0 Å². The topological polar surface area (TPSA) is 94.0 Å². The van der Waals surface area contributed by atoms with Gasteiger partial charge in [0, 0.05) is 11.3 Å². The van der Waals surface area contributed by atoms with Crippen molar-refractivity contribution in [1.29, 1.82) is 0 Å². The maximum atomic E-state index is 12.1. The molecule has 6 nitrogen and oxygen atoms in total. The molecule has 1 heterocycles. The van der Waals surface area contributed by atoms with Crippen molar-refractivity contribution >= 4 is 11.6 Å². The molecule has 0 aliphatic rings. The molecule has 1 atom stereocenters. The maximum Gasteiger partial charge on any atom is 0.247 e. The predicted molar refractivity (Wildman–Crippen MR) is 80.6 cm³/mol. The highest BCUT2D eigenvalue weighted by molar-refractivity contribution is 5.95. The number of carbonyl (C=O) groups is 1. The number of benzene rings is 1. The third-order valence-electron chi connectivity index (χ3n) is 3.31. The number of nitrogens with one attached hydrogen (secondary N) is 1. The van der Waals surface area contributed by atoms with Crippen molar-refractivity contribution in [3.63, 3.8) is 0 Å². The summed E-state index contributed by atoms with van der Waals surface area (Å²) in [4.78, 5) is 12.1. The first-order chi connectivity index (χ1) is 10.1. The SMILES string of the molecule is CCCCC(N)C(=O)Nc1cc(-c2nnco2)ccc1C. The molecule has 0 bridgehead atoms. The van der Waals surface area contributed by atoms with Crippen LogP contribution < -0.4 is 11.1 Å². The van der Waals surface area contributed by atoms with E-state index in [1.165, 1.54) is 6.39 Å². The van der Waals surface area contributed by atoms with E-state index in [9.17, 15) is 4.79 Å². The van der Waals surface area contributed by atoms with Crippen LogP contribution >= 0.6 is 0 Å². The van der Waals surface area contributed by atoms with E-state index >= 15 is 0 Å². The van der Waals surface area contributed by atoms with Crippen LogP contribution in [-0.4, -0.2) is 22.1 Å². The van der Waals surface area contributed by atoms with Gasteiger partial charge in [-0.1, -0.05) is 25.8 Å². The molecular weight excluding hydrogens is 268 g/mol. The van der Waals surface area contributed by atoms with Crippen molar-refractivity contribution in [1.82, 2.24) is 10.2 Å². The first-order valence-corrected chi connectivity index (χ1v) is 7.05. The van der Waals surface area contributed by atoms with Gasteiger partial charge in [0.1, 0.15) is 0 Å². The Hall–Kier alpha value is -2.21. The van der Waals surface area contributed by atoms with Crippen molar-refractivity contribution in [2.24, 2.45) is 5.73 Å². The number of rotatable bonds is 6. The summed E-state index contributed by atoms with van der Waals surface area (Å²) in [6.07, 6.45) is 3.92. The Bertz CT molecular complexity index is 596. The van der Waals surface area contributed by atoms with Crippen LogP contribution in [0.4, 0.5) is 5.69 Å². The number of aromatic nitrogens is 2. The third-order valence-corrected chi connectivity index (χ3v) is 3.31. The zero-order valence-electron chi connectivity index (χ0n) is 12.3. The molecule has 0 radical (unpaired) electrons. The van der Waals surface area contributed by atoms with Gasteiger partial charge in [0.25, 0.3) is 0 Å². The highest BCUT2D eigenvalue weighted by Gasteiger charge is 2.15. The van der Waals surface area contributed by atoms with Crippen LogP contribution in [0.15, 0.2) is 29.0 Å². The number of anilines is 1. The van der Waals surface area contributed by atoms with Gasteiger partial charge in [-0.15, -0.1) is 10.2 Å². The van der Waals surface area contributed by atoms with Crippen molar-refractivity contribution in [3.8, 4) is 11.5 Å². The van der Waals surface area contributed by atoms with Crippen LogP contribution in [0.25, 0.3) is 11.5 Å². The van der Waals surface area contributed by atoms with Crippen molar-refractivity contribution in [3.05, 3.63) is 30.2 Å². The highest BCUT2D eigenvalue weighted by Crippen LogP contribution is 2.24. The predicted octanol–water partition coefficient (Wildman–Crippen LogP) is 2.50. The number of hydrogen-bond acceptors (Lipinski definition) is 5. The summed E-state index contributed by atoms with van der Waals surface area (Å²) in [7, 11) is 0. The second-order valence-electron chi connectivity index (χ2n) is 5.01. The first-order valence-electron chi connectivity index (χ1n) is 7.05. The standard InChI is InChI=1S/C15H20N4O2/c1-3-4-5-12(16)14(20)18-13-8-11(7-6-10(13)2)15-19-17-9-21-15/h6-9,12H,3-5,16H2,1-2H3,(H,18,20). The molecule has 0 saturated heterocycles. The molecule has 0 aliphatic heterocycles. The molecule has 0 aliphatic carbocycles. The Morgan fingerprint density at radius 3 is 2.95 bits per heavy atom. The molecule has 112 valence electrons. The Morgan fingerprint density at radius 2 is 2.29 bits per heavy atom. The first kappa shape index (κ1) is 15.2. The van der Waals surface area contributed by atoms with E-state index < -0.39 is 6.04 Å². The van der Waals surface area contributed by atoms with Crippen LogP contribution in [0.3, 0.4) is 0 Å². The maximum absolute atomic E-state index is 12.1. The number of nitrogens with zero attached hydrogens (tertiary/aromatic N) is 2. The van der Waals surface area contributed by atoms with Gasteiger partial charge in [-0.2, -0.15) is 0 Å². The minimum atomic E-state index is -0.489. The van der Waals surface area contributed by atoms with Gasteiger partial charge in [-0.3, -0.25) is 4.79 Å². The fourth-order valence-corrected chi connectivity index (χ4v) is 1.97. The Morgan fingerprint density at radius 1 is 1.48 bits per heavy atom. The van der Waals surface area contributed by atoms with Crippen molar-refractivity contribution in [2.45, 2.75) is 39.2 Å². The fraction of sp³-hybridized carbons (Fsp3) is 0.400. The molecule has 1 aromatic heterocycles. The molecule has 21 heavy (non-hydrogen) atoms.